The van der Waals surface area contributed by atoms with Crippen LogP contribution in [0.3, 0.4) is 0 Å². The van der Waals surface area contributed by atoms with Crippen LogP contribution >= 0.6 is 24.8 Å². The summed E-state index contributed by atoms with van der Waals surface area (Å²) in [5.74, 6) is 1.98. The number of carbonyl (C=O) groups excluding carboxylic acids is 1. The third-order valence-corrected chi connectivity index (χ3v) is 5.88. The van der Waals surface area contributed by atoms with Crippen LogP contribution in [0.2, 0.25) is 0 Å². The van der Waals surface area contributed by atoms with Crippen LogP contribution in [0.15, 0.2) is 42.6 Å². The summed E-state index contributed by atoms with van der Waals surface area (Å²) < 4.78 is 5.28. The van der Waals surface area contributed by atoms with E-state index in [1.54, 1.807) is 13.3 Å². The predicted molar refractivity (Wildman–Crippen MR) is 115 cm³/mol. The molecule has 7 heteroatoms. The van der Waals surface area contributed by atoms with Crippen molar-refractivity contribution in [1.82, 2.24) is 14.8 Å². The molecular weight excluding hydrogens is 397 g/mol. The van der Waals surface area contributed by atoms with E-state index in [2.05, 4.69) is 29.1 Å². The maximum atomic E-state index is 13.0. The van der Waals surface area contributed by atoms with Crippen LogP contribution in [0.1, 0.15) is 27.7 Å². The highest BCUT2D eigenvalue weighted by Gasteiger charge is 2.47. The second-order valence-corrected chi connectivity index (χ2v) is 7.43. The molecule has 2 fully saturated rings. The average Bonchev–Trinajstić information content (AvgIpc) is 3.18. The van der Waals surface area contributed by atoms with Crippen molar-refractivity contribution in [3.8, 4) is 5.75 Å². The van der Waals surface area contributed by atoms with E-state index in [0.29, 0.717) is 17.9 Å². The number of benzene rings is 1. The molecule has 0 bridgehead atoms. The first kappa shape index (κ1) is 22.5. The van der Waals surface area contributed by atoms with Gasteiger partial charge in [0, 0.05) is 43.5 Å². The van der Waals surface area contributed by atoms with Crippen LogP contribution in [-0.4, -0.2) is 54.5 Å². The lowest BCUT2D eigenvalue weighted by Crippen LogP contribution is -2.33. The molecule has 0 radical (unpaired) electrons. The minimum absolute atomic E-state index is 0. The number of ether oxygens (including phenoxy) is 1. The number of fused-ring (bicyclic) bond motifs is 1. The Morgan fingerprint density at radius 1 is 1.11 bits per heavy atom. The molecule has 0 aliphatic carbocycles. The number of likely N-dealkylation sites (tertiary alicyclic amines) is 2. The summed E-state index contributed by atoms with van der Waals surface area (Å²) >= 11 is 0. The highest BCUT2D eigenvalue weighted by molar-refractivity contribution is 5.95. The Morgan fingerprint density at radius 2 is 1.82 bits per heavy atom. The van der Waals surface area contributed by atoms with Gasteiger partial charge < -0.3 is 9.64 Å². The Morgan fingerprint density at radius 3 is 2.46 bits per heavy atom. The number of nitrogens with zero attached hydrogens (tertiary/aromatic N) is 3. The molecule has 5 nitrogen and oxygen atoms in total. The summed E-state index contributed by atoms with van der Waals surface area (Å²) in [6.07, 6.45) is 1.74. The number of amides is 1. The Kier molecular flexibility index (Phi) is 7.32. The van der Waals surface area contributed by atoms with Gasteiger partial charge in [0.15, 0.2) is 0 Å². The predicted octanol–water partition coefficient (Wildman–Crippen LogP) is 3.62. The number of hydrogen-bond acceptors (Lipinski definition) is 4. The summed E-state index contributed by atoms with van der Waals surface area (Å²) in [5, 5.41) is 0. The third-order valence-electron chi connectivity index (χ3n) is 5.88. The molecule has 2 saturated heterocycles. The molecule has 2 aliphatic heterocycles. The number of halogens is 2. The van der Waals surface area contributed by atoms with Gasteiger partial charge in [-0.2, -0.15) is 0 Å². The number of pyridine rings is 1. The third kappa shape index (κ3) is 3.97. The van der Waals surface area contributed by atoms with E-state index >= 15 is 0 Å². The van der Waals surface area contributed by atoms with Crippen molar-refractivity contribution in [2.24, 2.45) is 11.8 Å². The van der Waals surface area contributed by atoms with Crippen LogP contribution < -0.4 is 4.74 Å². The summed E-state index contributed by atoms with van der Waals surface area (Å²) in [6.45, 7) is 4.56. The van der Waals surface area contributed by atoms with E-state index in [0.717, 1.165) is 36.6 Å². The van der Waals surface area contributed by atoms with Gasteiger partial charge in [-0.15, -0.1) is 24.8 Å². The van der Waals surface area contributed by atoms with Crippen molar-refractivity contribution in [3.63, 3.8) is 0 Å². The number of aryl methyl sites for hydroxylation is 1. The monoisotopic (exact) mass is 423 g/mol. The van der Waals surface area contributed by atoms with Gasteiger partial charge >= 0.3 is 0 Å². The van der Waals surface area contributed by atoms with Crippen molar-refractivity contribution in [2.75, 3.05) is 33.8 Å². The van der Waals surface area contributed by atoms with Gasteiger partial charge in [0.25, 0.3) is 5.91 Å². The minimum Gasteiger partial charge on any atom is -0.497 e. The molecule has 2 aromatic rings. The first-order chi connectivity index (χ1) is 12.6. The molecule has 0 unspecified atom stereocenters. The highest BCUT2D eigenvalue weighted by Crippen LogP contribution is 2.44. The smallest absolute Gasteiger partial charge is 0.255 e. The quantitative estimate of drug-likeness (QED) is 0.755. The molecular formula is C21H27Cl2N3O2. The summed E-state index contributed by atoms with van der Waals surface area (Å²) in [7, 11) is 3.87. The topological polar surface area (TPSA) is 45.7 Å². The van der Waals surface area contributed by atoms with Gasteiger partial charge in [0.1, 0.15) is 5.75 Å². The fourth-order valence-electron chi connectivity index (χ4n) is 4.61. The van der Waals surface area contributed by atoms with Crippen molar-refractivity contribution in [2.45, 2.75) is 13.0 Å². The Balaban J connectivity index is 0.00000140. The van der Waals surface area contributed by atoms with Gasteiger partial charge in [-0.1, -0.05) is 12.1 Å². The minimum atomic E-state index is 0. The van der Waals surface area contributed by atoms with Gasteiger partial charge in [-0.3, -0.25) is 14.7 Å². The average molecular weight is 424 g/mol. The van der Waals surface area contributed by atoms with Gasteiger partial charge in [-0.25, -0.2) is 0 Å². The van der Waals surface area contributed by atoms with Crippen molar-refractivity contribution in [3.05, 3.63) is 59.4 Å². The molecule has 1 aromatic carbocycles. The molecule has 1 aromatic heterocycles. The standard InChI is InChI=1S/C21H25N3O2.2ClH/c1-14-18(5-4-10-22-14)21(25)24-12-16-11-23(2)20(19(16)13-24)15-6-8-17(26-3)9-7-15;;/h4-10,16,19-20H,11-13H2,1-3H3;2*1H/t16-,19+,20+;;/m0../s1. The van der Waals surface area contributed by atoms with E-state index in [4.69, 9.17) is 4.74 Å². The molecule has 4 rings (SSSR count). The molecule has 0 saturated carbocycles. The molecule has 1 amide bonds. The molecule has 152 valence electrons. The van der Waals surface area contributed by atoms with Crippen LogP contribution in [0, 0.1) is 18.8 Å². The Bertz CT molecular complexity index is 816. The SMILES string of the molecule is COc1ccc([C@@H]2[C@@H]3CN(C(=O)c4cccnc4C)C[C@@H]3CN2C)cc1.Cl.Cl. The van der Waals surface area contributed by atoms with E-state index in [1.165, 1.54) is 5.56 Å². The summed E-state index contributed by atoms with van der Waals surface area (Å²) in [6, 6.07) is 12.4. The van der Waals surface area contributed by atoms with Crippen LogP contribution in [0.5, 0.6) is 5.75 Å². The van der Waals surface area contributed by atoms with E-state index in [1.807, 2.05) is 36.1 Å². The lowest BCUT2D eigenvalue weighted by atomic mass is 9.89. The maximum absolute atomic E-state index is 13.0. The van der Waals surface area contributed by atoms with Crippen molar-refractivity contribution >= 4 is 30.7 Å². The van der Waals surface area contributed by atoms with Gasteiger partial charge in [0.05, 0.1) is 12.7 Å². The molecule has 2 aliphatic rings. The fraction of sp³-hybridized carbons (Fsp3) is 0.429. The van der Waals surface area contributed by atoms with E-state index in [9.17, 15) is 4.79 Å². The zero-order valence-electron chi connectivity index (χ0n) is 16.4. The molecule has 3 heterocycles. The van der Waals surface area contributed by atoms with Crippen LogP contribution in [0.25, 0.3) is 0 Å². The van der Waals surface area contributed by atoms with E-state index < -0.39 is 0 Å². The maximum Gasteiger partial charge on any atom is 0.255 e. The number of hydrogen-bond donors (Lipinski definition) is 0. The molecule has 3 atom stereocenters. The first-order valence-electron chi connectivity index (χ1n) is 9.13. The lowest BCUT2D eigenvalue weighted by Gasteiger charge is -2.27. The number of rotatable bonds is 3. The van der Waals surface area contributed by atoms with Gasteiger partial charge in [0.2, 0.25) is 0 Å². The highest BCUT2D eigenvalue weighted by atomic mass is 35.5. The van der Waals surface area contributed by atoms with E-state index in [-0.39, 0.29) is 30.7 Å². The first-order valence-corrected chi connectivity index (χ1v) is 9.13. The van der Waals surface area contributed by atoms with Crippen LogP contribution in [-0.2, 0) is 0 Å². The second kappa shape index (κ2) is 9.12. The fourth-order valence-corrected chi connectivity index (χ4v) is 4.61. The molecule has 0 N–H and O–H groups in total. The van der Waals surface area contributed by atoms with Crippen molar-refractivity contribution < 1.29 is 9.53 Å². The van der Waals surface area contributed by atoms with Gasteiger partial charge in [-0.05, 0) is 49.7 Å². The number of methoxy groups -OCH3 is 1. The molecule has 0 spiro atoms. The lowest BCUT2D eigenvalue weighted by molar-refractivity contribution is 0.0766. The normalized spacial score (nSPS) is 23.5. The van der Waals surface area contributed by atoms with Crippen molar-refractivity contribution in [1.29, 1.82) is 0 Å². The Hall–Kier alpha value is -1.82. The summed E-state index contributed by atoms with van der Waals surface area (Å²) in [4.78, 5) is 21.7. The second-order valence-electron chi connectivity index (χ2n) is 7.43. The zero-order chi connectivity index (χ0) is 18.3. The van der Waals surface area contributed by atoms with Crippen LogP contribution in [0.4, 0.5) is 0 Å². The zero-order valence-corrected chi connectivity index (χ0v) is 18.0. The number of aromatic nitrogens is 1. The number of carbonyl (C=O) groups is 1. The molecule has 28 heavy (non-hydrogen) atoms. The summed E-state index contributed by atoms with van der Waals surface area (Å²) in [5.41, 5.74) is 2.83. The largest absolute Gasteiger partial charge is 0.497 e. The Labute approximate surface area is 178 Å².